The number of hydrazine groups is 1. The Labute approximate surface area is 118 Å². The molecule has 0 unspecified atom stereocenters. The first-order valence-corrected chi connectivity index (χ1v) is 7.43. The van der Waals surface area contributed by atoms with Gasteiger partial charge >= 0.3 is 0 Å². The van der Waals surface area contributed by atoms with E-state index in [-0.39, 0.29) is 10.7 Å². The lowest BCUT2D eigenvalue weighted by molar-refractivity contribution is 0.601. The molecule has 0 radical (unpaired) electrons. The Morgan fingerprint density at radius 2 is 1.90 bits per heavy atom. The second-order valence-electron chi connectivity index (χ2n) is 4.44. The van der Waals surface area contributed by atoms with Gasteiger partial charge in [0.2, 0.25) is 0 Å². The summed E-state index contributed by atoms with van der Waals surface area (Å²) in [6.07, 6.45) is 1.38. The Balaban J connectivity index is 2.35. The average molecular weight is 292 g/mol. The topological polar surface area (TPSA) is 97.1 Å². The van der Waals surface area contributed by atoms with E-state index in [2.05, 4.69) is 15.1 Å². The highest BCUT2D eigenvalue weighted by Gasteiger charge is 2.16. The van der Waals surface area contributed by atoms with Crippen molar-refractivity contribution in [1.29, 1.82) is 0 Å². The summed E-state index contributed by atoms with van der Waals surface area (Å²) in [6.45, 7) is 3.80. The van der Waals surface area contributed by atoms with Gasteiger partial charge in [-0.1, -0.05) is 17.7 Å². The van der Waals surface area contributed by atoms with Crippen molar-refractivity contribution in [2.45, 2.75) is 18.7 Å². The van der Waals surface area contributed by atoms with Crippen LogP contribution in [0.2, 0.25) is 0 Å². The van der Waals surface area contributed by atoms with Crippen molar-refractivity contribution in [2.75, 3.05) is 10.1 Å². The quantitative estimate of drug-likeness (QED) is 0.589. The van der Waals surface area contributed by atoms with Gasteiger partial charge in [-0.15, -0.1) is 0 Å². The lowest BCUT2D eigenvalue weighted by atomic mass is 10.1. The van der Waals surface area contributed by atoms with Crippen LogP contribution in [-0.2, 0) is 10.0 Å². The summed E-state index contributed by atoms with van der Waals surface area (Å²) in [7, 11) is -3.67. The predicted molar refractivity (Wildman–Crippen MR) is 78.8 cm³/mol. The van der Waals surface area contributed by atoms with Crippen molar-refractivity contribution in [2.24, 2.45) is 5.84 Å². The SMILES string of the molecule is Cc1ccc(NS(=O)(=O)c2ccnc(NN)c2)c(C)c1. The summed E-state index contributed by atoms with van der Waals surface area (Å²) in [5.74, 6) is 5.51. The zero-order chi connectivity index (χ0) is 14.8. The molecule has 0 aliphatic rings. The van der Waals surface area contributed by atoms with Crippen LogP contribution in [0.5, 0.6) is 0 Å². The number of anilines is 2. The van der Waals surface area contributed by atoms with Crippen molar-refractivity contribution in [3.8, 4) is 0 Å². The molecule has 1 aromatic carbocycles. The van der Waals surface area contributed by atoms with Gasteiger partial charge in [0.1, 0.15) is 5.82 Å². The molecule has 0 fully saturated rings. The fourth-order valence-corrected chi connectivity index (χ4v) is 2.93. The van der Waals surface area contributed by atoms with Gasteiger partial charge < -0.3 is 5.43 Å². The molecular weight excluding hydrogens is 276 g/mol. The molecule has 6 nitrogen and oxygen atoms in total. The molecule has 0 spiro atoms. The van der Waals surface area contributed by atoms with Crippen LogP contribution in [0.1, 0.15) is 11.1 Å². The fourth-order valence-electron chi connectivity index (χ4n) is 1.79. The molecule has 0 atom stereocenters. The first-order chi connectivity index (χ1) is 9.42. The molecule has 0 aliphatic carbocycles. The number of sulfonamides is 1. The number of rotatable bonds is 4. The second kappa shape index (κ2) is 5.48. The molecule has 0 bridgehead atoms. The highest BCUT2D eigenvalue weighted by atomic mass is 32.2. The molecular formula is C13H16N4O2S. The highest BCUT2D eigenvalue weighted by molar-refractivity contribution is 7.92. The Morgan fingerprint density at radius 3 is 2.55 bits per heavy atom. The van der Waals surface area contributed by atoms with Gasteiger partial charge in [0, 0.05) is 12.3 Å². The molecule has 0 aliphatic heterocycles. The highest BCUT2D eigenvalue weighted by Crippen LogP contribution is 2.21. The first-order valence-electron chi connectivity index (χ1n) is 5.95. The normalized spacial score (nSPS) is 11.2. The Bertz CT molecular complexity index is 729. The summed E-state index contributed by atoms with van der Waals surface area (Å²) in [5, 5.41) is 0. The van der Waals surface area contributed by atoms with Crippen molar-refractivity contribution >= 4 is 21.5 Å². The summed E-state index contributed by atoms with van der Waals surface area (Å²) in [6, 6.07) is 8.28. The van der Waals surface area contributed by atoms with E-state index in [0.29, 0.717) is 5.69 Å². The molecule has 106 valence electrons. The van der Waals surface area contributed by atoms with Crippen LogP contribution in [0.15, 0.2) is 41.4 Å². The van der Waals surface area contributed by atoms with Crippen LogP contribution in [0, 0.1) is 13.8 Å². The fraction of sp³-hybridized carbons (Fsp3) is 0.154. The maximum atomic E-state index is 12.3. The predicted octanol–water partition coefficient (Wildman–Crippen LogP) is 1.78. The third-order valence-electron chi connectivity index (χ3n) is 2.82. The summed E-state index contributed by atoms with van der Waals surface area (Å²) >= 11 is 0. The van der Waals surface area contributed by atoms with Gasteiger partial charge in [-0.3, -0.25) is 4.72 Å². The molecule has 2 aromatic rings. The smallest absolute Gasteiger partial charge is 0.262 e. The third-order valence-corrected chi connectivity index (χ3v) is 4.18. The van der Waals surface area contributed by atoms with E-state index < -0.39 is 10.0 Å². The summed E-state index contributed by atoms with van der Waals surface area (Å²) < 4.78 is 27.2. The lowest BCUT2D eigenvalue weighted by Gasteiger charge is -2.11. The minimum Gasteiger partial charge on any atom is -0.308 e. The number of nitrogens with two attached hydrogens (primary N) is 1. The van der Waals surface area contributed by atoms with Crippen molar-refractivity contribution in [3.63, 3.8) is 0 Å². The minimum absolute atomic E-state index is 0.0976. The van der Waals surface area contributed by atoms with Gasteiger partial charge in [0.05, 0.1) is 10.6 Å². The van der Waals surface area contributed by atoms with E-state index in [1.165, 1.54) is 18.3 Å². The largest absolute Gasteiger partial charge is 0.308 e. The zero-order valence-electron chi connectivity index (χ0n) is 11.2. The standard InChI is InChI=1S/C13H16N4O2S/c1-9-3-4-12(10(2)7-9)17-20(18,19)11-5-6-15-13(8-11)16-14/h3-8,17H,14H2,1-2H3,(H,15,16). The van der Waals surface area contributed by atoms with E-state index in [1.54, 1.807) is 6.07 Å². The number of aryl methyl sites for hydroxylation is 2. The Hall–Kier alpha value is -2.12. The monoisotopic (exact) mass is 292 g/mol. The van der Waals surface area contributed by atoms with E-state index in [9.17, 15) is 8.42 Å². The van der Waals surface area contributed by atoms with Crippen molar-refractivity contribution in [1.82, 2.24) is 4.98 Å². The van der Waals surface area contributed by atoms with E-state index in [0.717, 1.165) is 11.1 Å². The molecule has 0 saturated carbocycles. The number of nitrogens with zero attached hydrogens (tertiary/aromatic N) is 1. The maximum absolute atomic E-state index is 12.3. The van der Waals surface area contributed by atoms with Gasteiger partial charge in [0.25, 0.3) is 10.0 Å². The van der Waals surface area contributed by atoms with E-state index in [1.807, 2.05) is 26.0 Å². The van der Waals surface area contributed by atoms with Crippen LogP contribution in [0.25, 0.3) is 0 Å². The lowest BCUT2D eigenvalue weighted by Crippen LogP contribution is -2.15. The molecule has 4 N–H and O–H groups in total. The number of pyridine rings is 1. The molecule has 1 aromatic heterocycles. The molecule has 2 rings (SSSR count). The van der Waals surface area contributed by atoms with Gasteiger partial charge in [-0.25, -0.2) is 19.2 Å². The number of nitrogen functional groups attached to an aromatic ring is 1. The summed E-state index contributed by atoms with van der Waals surface area (Å²) in [4.78, 5) is 3.98. The number of hydrogen-bond acceptors (Lipinski definition) is 5. The number of aromatic nitrogens is 1. The van der Waals surface area contributed by atoms with Gasteiger partial charge in [-0.2, -0.15) is 0 Å². The summed E-state index contributed by atoms with van der Waals surface area (Å²) in [5.41, 5.74) is 4.80. The van der Waals surface area contributed by atoms with Crippen LogP contribution >= 0.6 is 0 Å². The van der Waals surface area contributed by atoms with Gasteiger partial charge in [-0.05, 0) is 31.5 Å². The second-order valence-corrected chi connectivity index (χ2v) is 6.13. The third kappa shape index (κ3) is 3.06. The zero-order valence-corrected chi connectivity index (χ0v) is 12.0. The number of hydrogen-bond donors (Lipinski definition) is 3. The van der Waals surface area contributed by atoms with Gasteiger partial charge in [0.15, 0.2) is 0 Å². The van der Waals surface area contributed by atoms with Crippen LogP contribution in [-0.4, -0.2) is 13.4 Å². The van der Waals surface area contributed by atoms with E-state index >= 15 is 0 Å². The molecule has 0 saturated heterocycles. The maximum Gasteiger partial charge on any atom is 0.262 e. The van der Waals surface area contributed by atoms with Crippen LogP contribution < -0.4 is 16.0 Å². The molecule has 7 heteroatoms. The van der Waals surface area contributed by atoms with Crippen molar-refractivity contribution in [3.05, 3.63) is 47.7 Å². The van der Waals surface area contributed by atoms with Crippen LogP contribution in [0.4, 0.5) is 11.5 Å². The first kappa shape index (κ1) is 14.3. The minimum atomic E-state index is -3.67. The number of benzene rings is 1. The molecule has 20 heavy (non-hydrogen) atoms. The van der Waals surface area contributed by atoms with Crippen molar-refractivity contribution < 1.29 is 8.42 Å². The Morgan fingerprint density at radius 1 is 1.15 bits per heavy atom. The molecule has 1 heterocycles. The number of nitrogens with one attached hydrogen (secondary N) is 2. The average Bonchev–Trinajstić information content (AvgIpc) is 2.42. The van der Waals surface area contributed by atoms with Crippen LogP contribution in [0.3, 0.4) is 0 Å². The Kier molecular flexibility index (Phi) is 3.91. The van der Waals surface area contributed by atoms with E-state index in [4.69, 9.17) is 5.84 Å². The molecule has 0 amide bonds.